The summed E-state index contributed by atoms with van der Waals surface area (Å²) in [5.74, 6) is 0. The Morgan fingerprint density at radius 1 is 1.38 bits per heavy atom. The Balaban J connectivity index is 1.98. The first-order chi connectivity index (χ1) is 11.2. The number of benzene rings is 1. The third-order valence-corrected chi connectivity index (χ3v) is 4.39. The van der Waals surface area contributed by atoms with E-state index >= 15 is 0 Å². The van der Waals surface area contributed by atoms with Gasteiger partial charge in [-0.3, -0.25) is 0 Å². The van der Waals surface area contributed by atoms with Crippen LogP contribution in [-0.4, -0.2) is 35.7 Å². The summed E-state index contributed by atoms with van der Waals surface area (Å²) in [6, 6.07) is 8.36. The van der Waals surface area contributed by atoms with Crippen molar-refractivity contribution in [3.05, 3.63) is 34.9 Å². The lowest BCUT2D eigenvalue weighted by Crippen LogP contribution is -2.45. The summed E-state index contributed by atoms with van der Waals surface area (Å²) in [6.07, 6.45) is 2.97. The molecule has 0 saturated carbocycles. The van der Waals surface area contributed by atoms with Crippen molar-refractivity contribution in [2.45, 2.75) is 64.6 Å². The van der Waals surface area contributed by atoms with Crippen molar-refractivity contribution in [1.82, 2.24) is 10.2 Å². The zero-order valence-electron chi connectivity index (χ0n) is 15.1. The average Bonchev–Trinajstić information content (AvgIpc) is 2.71. The molecule has 1 saturated heterocycles. The van der Waals surface area contributed by atoms with Crippen molar-refractivity contribution < 1.29 is 9.53 Å². The van der Waals surface area contributed by atoms with Crippen LogP contribution in [0.2, 0.25) is 5.02 Å². The van der Waals surface area contributed by atoms with E-state index in [1.54, 1.807) is 0 Å². The Labute approximate surface area is 150 Å². The molecule has 1 aliphatic rings. The molecular formula is C19H29ClN2O2. The Kier molecular flexibility index (Phi) is 6.53. The Hall–Kier alpha value is -1.26. The van der Waals surface area contributed by atoms with Gasteiger partial charge in [0.1, 0.15) is 5.60 Å². The molecule has 0 spiro atoms. The van der Waals surface area contributed by atoms with Crippen LogP contribution in [0.3, 0.4) is 0 Å². The highest BCUT2D eigenvalue weighted by Gasteiger charge is 2.27. The molecule has 1 heterocycles. The molecular weight excluding hydrogens is 324 g/mol. The number of hydrogen-bond acceptors (Lipinski definition) is 3. The zero-order chi connectivity index (χ0) is 17.7. The van der Waals surface area contributed by atoms with Gasteiger partial charge in [0.05, 0.1) is 0 Å². The molecule has 4 nitrogen and oxygen atoms in total. The second-order valence-electron chi connectivity index (χ2n) is 7.56. The van der Waals surface area contributed by atoms with Crippen molar-refractivity contribution in [2.24, 2.45) is 0 Å². The summed E-state index contributed by atoms with van der Waals surface area (Å²) in [5.41, 5.74) is 0.705. The van der Waals surface area contributed by atoms with Crippen molar-refractivity contribution in [2.75, 3.05) is 13.1 Å². The molecule has 24 heavy (non-hydrogen) atoms. The van der Waals surface area contributed by atoms with Crippen molar-refractivity contribution in [3.8, 4) is 0 Å². The fourth-order valence-corrected chi connectivity index (χ4v) is 3.19. The number of carbonyl (C=O) groups is 1. The third kappa shape index (κ3) is 5.99. The molecule has 0 radical (unpaired) electrons. The molecule has 2 rings (SSSR count). The van der Waals surface area contributed by atoms with Crippen LogP contribution in [0.5, 0.6) is 0 Å². The number of amides is 1. The number of hydrogen-bond donors (Lipinski definition) is 1. The zero-order valence-corrected chi connectivity index (χ0v) is 15.9. The largest absolute Gasteiger partial charge is 0.444 e. The van der Waals surface area contributed by atoms with Gasteiger partial charge in [0, 0.05) is 30.2 Å². The molecule has 0 aliphatic carbocycles. The van der Waals surface area contributed by atoms with Crippen LogP contribution < -0.4 is 5.32 Å². The Morgan fingerprint density at radius 2 is 2.12 bits per heavy atom. The average molecular weight is 353 g/mol. The van der Waals surface area contributed by atoms with Gasteiger partial charge in [0.25, 0.3) is 0 Å². The lowest BCUT2D eigenvalue weighted by Gasteiger charge is -2.30. The molecule has 0 aromatic heterocycles. The van der Waals surface area contributed by atoms with E-state index in [9.17, 15) is 4.79 Å². The van der Waals surface area contributed by atoms with E-state index in [4.69, 9.17) is 16.3 Å². The minimum absolute atomic E-state index is 0.187. The van der Waals surface area contributed by atoms with E-state index in [0.29, 0.717) is 6.54 Å². The Bertz CT molecular complexity index is 557. The van der Waals surface area contributed by atoms with Crippen LogP contribution in [0.15, 0.2) is 24.3 Å². The van der Waals surface area contributed by atoms with Crippen LogP contribution in [0.1, 0.15) is 58.6 Å². The summed E-state index contributed by atoms with van der Waals surface area (Å²) in [4.78, 5) is 14.2. The maximum absolute atomic E-state index is 12.4. The molecule has 1 aliphatic heterocycles. The molecule has 1 aromatic rings. The minimum atomic E-state index is -0.458. The van der Waals surface area contributed by atoms with Gasteiger partial charge in [0.2, 0.25) is 0 Å². The highest BCUT2D eigenvalue weighted by atomic mass is 35.5. The highest BCUT2D eigenvalue weighted by molar-refractivity contribution is 6.30. The first kappa shape index (κ1) is 19.1. The predicted molar refractivity (Wildman–Crippen MR) is 98.4 cm³/mol. The van der Waals surface area contributed by atoms with Gasteiger partial charge in [-0.15, -0.1) is 0 Å². The van der Waals surface area contributed by atoms with Gasteiger partial charge in [-0.05, 0) is 58.2 Å². The van der Waals surface area contributed by atoms with Crippen LogP contribution >= 0.6 is 11.6 Å². The number of rotatable bonds is 3. The normalized spacial score (nSPS) is 20.4. The lowest BCUT2D eigenvalue weighted by atomic mass is 10.1. The summed E-state index contributed by atoms with van der Waals surface area (Å²) < 4.78 is 5.53. The van der Waals surface area contributed by atoms with Crippen molar-refractivity contribution in [1.29, 1.82) is 0 Å². The fourth-order valence-electron chi connectivity index (χ4n) is 3.00. The Morgan fingerprint density at radius 3 is 2.79 bits per heavy atom. The quantitative estimate of drug-likeness (QED) is 0.851. The second kappa shape index (κ2) is 8.21. The van der Waals surface area contributed by atoms with Gasteiger partial charge < -0.3 is 15.0 Å². The van der Waals surface area contributed by atoms with Crippen LogP contribution in [0.25, 0.3) is 0 Å². The van der Waals surface area contributed by atoms with Gasteiger partial charge in [-0.2, -0.15) is 0 Å². The molecule has 2 unspecified atom stereocenters. The molecule has 2 atom stereocenters. The van der Waals surface area contributed by atoms with Gasteiger partial charge in [-0.25, -0.2) is 4.79 Å². The maximum atomic E-state index is 12.4. The second-order valence-corrected chi connectivity index (χ2v) is 8.00. The summed E-state index contributed by atoms with van der Waals surface area (Å²) in [7, 11) is 0. The van der Waals surface area contributed by atoms with Crippen molar-refractivity contribution in [3.63, 3.8) is 0 Å². The lowest BCUT2D eigenvalue weighted by molar-refractivity contribution is 0.0242. The number of carbonyl (C=O) groups excluding carboxylic acids is 1. The maximum Gasteiger partial charge on any atom is 0.410 e. The molecule has 0 bridgehead atoms. The first-order valence-corrected chi connectivity index (χ1v) is 9.12. The summed E-state index contributed by atoms with van der Waals surface area (Å²) in [5, 5.41) is 4.39. The van der Waals surface area contributed by atoms with E-state index in [-0.39, 0.29) is 18.2 Å². The van der Waals surface area contributed by atoms with Gasteiger partial charge in [0.15, 0.2) is 0 Å². The van der Waals surface area contributed by atoms with Crippen LogP contribution in [-0.2, 0) is 4.74 Å². The molecule has 1 amide bonds. The summed E-state index contributed by atoms with van der Waals surface area (Å²) >= 11 is 6.09. The number of likely N-dealkylation sites (tertiary alicyclic amines) is 1. The number of nitrogens with one attached hydrogen (secondary N) is 1. The molecule has 1 aromatic carbocycles. The summed E-state index contributed by atoms with van der Waals surface area (Å²) in [6.45, 7) is 9.28. The SMILES string of the molecule is CC(NC1CCCCN(C(=O)OC(C)(C)C)C1)c1cccc(Cl)c1. The van der Waals surface area contributed by atoms with Crippen LogP contribution in [0.4, 0.5) is 4.79 Å². The first-order valence-electron chi connectivity index (χ1n) is 8.74. The number of halogens is 1. The smallest absolute Gasteiger partial charge is 0.410 e. The number of nitrogens with zero attached hydrogens (tertiary/aromatic N) is 1. The topological polar surface area (TPSA) is 41.6 Å². The van der Waals surface area contributed by atoms with E-state index in [1.807, 2.05) is 43.9 Å². The van der Waals surface area contributed by atoms with E-state index in [0.717, 1.165) is 36.4 Å². The predicted octanol–water partition coefficient (Wildman–Crippen LogP) is 4.78. The van der Waals surface area contributed by atoms with Gasteiger partial charge in [-0.1, -0.05) is 30.2 Å². The van der Waals surface area contributed by atoms with E-state index in [2.05, 4.69) is 18.3 Å². The van der Waals surface area contributed by atoms with Crippen LogP contribution in [0, 0.1) is 0 Å². The third-order valence-electron chi connectivity index (χ3n) is 4.16. The number of ether oxygens (including phenoxy) is 1. The molecule has 1 N–H and O–H groups in total. The van der Waals surface area contributed by atoms with Crippen molar-refractivity contribution >= 4 is 17.7 Å². The highest BCUT2D eigenvalue weighted by Crippen LogP contribution is 2.21. The fraction of sp³-hybridized carbons (Fsp3) is 0.632. The van der Waals surface area contributed by atoms with E-state index < -0.39 is 5.60 Å². The van der Waals surface area contributed by atoms with E-state index in [1.165, 1.54) is 0 Å². The monoisotopic (exact) mass is 352 g/mol. The molecule has 134 valence electrons. The molecule has 1 fully saturated rings. The van der Waals surface area contributed by atoms with Gasteiger partial charge >= 0.3 is 6.09 Å². The minimum Gasteiger partial charge on any atom is -0.444 e. The molecule has 5 heteroatoms. The standard InChI is InChI=1S/C19H29ClN2O2/c1-14(15-8-7-9-16(20)12-15)21-17-10-5-6-11-22(13-17)18(23)24-19(2,3)4/h7-9,12,14,17,21H,5-6,10-11,13H2,1-4H3.